The molecule has 1 heterocycles. The van der Waals surface area contributed by atoms with E-state index in [1.807, 2.05) is 48.2 Å². The molecule has 1 unspecified atom stereocenters. The van der Waals surface area contributed by atoms with Crippen LogP contribution in [0.1, 0.15) is 81.4 Å². The number of esters is 1. The van der Waals surface area contributed by atoms with Crippen LogP contribution in [0.3, 0.4) is 0 Å². The molecule has 0 spiro atoms. The summed E-state index contributed by atoms with van der Waals surface area (Å²) >= 11 is 0. The van der Waals surface area contributed by atoms with E-state index in [9.17, 15) is 14.9 Å². The molecular formula is C31H38N2O3. The van der Waals surface area contributed by atoms with Crippen LogP contribution in [-0.2, 0) is 26.2 Å². The second-order valence-electron chi connectivity index (χ2n) is 10.4. The number of nitriles is 1. The van der Waals surface area contributed by atoms with E-state index in [-0.39, 0.29) is 18.3 Å². The van der Waals surface area contributed by atoms with Gasteiger partial charge in [0.1, 0.15) is 0 Å². The molecule has 2 aromatic carbocycles. The van der Waals surface area contributed by atoms with Crippen LogP contribution < -0.4 is 0 Å². The van der Waals surface area contributed by atoms with Crippen molar-refractivity contribution >= 4 is 11.9 Å². The Bertz CT molecular complexity index is 1090. The van der Waals surface area contributed by atoms with Gasteiger partial charge in [-0.2, -0.15) is 5.26 Å². The molecule has 2 aliphatic rings. The number of piperidine rings is 1. The van der Waals surface area contributed by atoms with E-state index < -0.39 is 16.7 Å². The number of aryl methyl sites for hydroxylation is 1. The van der Waals surface area contributed by atoms with E-state index in [2.05, 4.69) is 31.2 Å². The zero-order valence-electron chi connectivity index (χ0n) is 21.7. The van der Waals surface area contributed by atoms with Gasteiger partial charge in [-0.25, -0.2) is 0 Å². The monoisotopic (exact) mass is 486 g/mol. The number of rotatable bonds is 8. The van der Waals surface area contributed by atoms with Gasteiger partial charge >= 0.3 is 5.97 Å². The van der Waals surface area contributed by atoms with E-state index in [0.29, 0.717) is 32.5 Å². The van der Waals surface area contributed by atoms with Gasteiger partial charge in [0.2, 0.25) is 5.91 Å². The molecule has 0 radical (unpaired) electrons. The van der Waals surface area contributed by atoms with Gasteiger partial charge in [-0.1, -0.05) is 74.4 Å². The summed E-state index contributed by atoms with van der Waals surface area (Å²) in [7, 11) is 0. The number of benzene rings is 2. The molecule has 1 atom stereocenters. The molecule has 1 saturated heterocycles. The van der Waals surface area contributed by atoms with Crippen LogP contribution in [0.15, 0.2) is 54.6 Å². The highest BCUT2D eigenvalue weighted by Gasteiger charge is 2.49. The lowest BCUT2D eigenvalue weighted by molar-refractivity contribution is -0.148. The number of nitrogens with zero attached hydrogens (tertiary/aromatic N) is 2. The Kier molecular flexibility index (Phi) is 8.14. The lowest BCUT2D eigenvalue weighted by Crippen LogP contribution is -2.52. The van der Waals surface area contributed by atoms with Crippen molar-refractivity contribution in [2.24, 2.45) is 5.41 Å². The zero-order chi connectivity index (χ0) is 25.6. The lowest BCUT2D eigenvalue weighted by Gasteiger charge is -2.46. The van der Waals surface area contributed by atoms with E-state index >= 15 is 0 Å². The summed E-state index contributed by atoms with van der Waals surface area (Å²) in [6, 6.07) is 20.9. The van der Waals surface area contributed by atoms with Gasteiger partial charge in [0.15, 0.2) is 0 Å². The molecule has 1 saturated carbocycles. The molecule has 190 valence electrons. The van der Waals surface area contributed by atoms with Gasteiger partial charge < -0.3 is 9.64 Å². The van der Waals surface area contributed by atoms with Crippen molar-refractivity contribution in [3.8, 4) is 6.07 Å². The predicted molar refractivity (Wildman–Crippen MR) is 140 cm³/mol. The topological polar surface area (TPSA) is 70.4 Å². The quantitative estimate of drug-likeness (QED) is 0.434. The number of carbonyl (C=O) groups excluding carboxylic acids is 2. The van der Waals surface area contributed by atoms with E-state index in [4.69, 9.17) is 4.74 Å². The molecule has 1 aliphatic heterocycles. The molecule has 2 aromatic rings. The third-order valence-corrected chi connectivity index (χ3v) is 8.53. The van der Waals surface area contributed by atoms with E-state index in [0.717, 1.165) is 48.8 Å². The van der Waals surface area contributed by atoms with Crippen molar-refractivity contribution in [3.05, 3.63) is 71.3 Å². The van der Waals surface area contributed by atoms with Crippen LogP contribution in [0.4, 0.5) is 0 Å². The van der Waals surface area contributed by atoms with Crippen molar-refractivity contribution in [2.45, 2.75) is 76.5 Å². The van der Waals surface area contributed by atoms with Crippen LogP contribution in [0.5, 0.6) is 0 Å². The van der Waals surface area contributed by atoms with Crippen molar-refractivity contribution in [1.29, 1.82) is 5.26 Å². The molecule has 0 N–H and O–H groups in total. The number of amides is 1. The minimum absolute atomic E-state index is 0.197. The first-order valence-electron chi connectivity index (χ1n) is 13.5. The van der Waals surface area contributed by atoms with Crippen LogP contribution in [0.2, 0.25) is 0 Å². The van der Waals surface area contributed by atoms with Gasteiger partial charge in [0.05, 0.1) is 30.4 Å². The summed E-state index contributed by atoms with van der Waals surface area (Å²) in [6.45, 7) is 5.34. The first-order chi connectivity index (χ1) is 17.5. The second-order valence-corrected chi connectivity index (χ2v) is 10.4. The highest BCUT2D eigenvalue weighted by molar-refractivity contribution is 5.89. The first-order valence-corrected chi connectivity index (χ1v) is 13.5. The summed E-state index contributed by atoms with van der Waals surface area (Å²) in [5, 5.41) is 10.4. The molecule has 1 aliphatic carbocycles. The van der Waals surface area contributed by atoms with Crippen LogP contribution in [0.25, 0.3) is 0 Å². The number of carbonyl (C=O) groups is 2. The minimum Gasteiger partial charge on any atom is -0.466 e. The number of ether oxygens (including phenoxy) is 1. The summed E-state index contributed by atoms with van der Waals surface area (Å²) in [4.78, 5) is 28.8. The summed E-state index contributed by atoms with van der Waals surface area (Å²) < 4.78 is 5.36. The average molecular weight is 487 g/mol. The maximum Gasteiger partial charge on any atom is 0.306 e. The Morgan fingerprint density at radius 2 is 1.61 bits per heavy atom. The van der Waals surface area contributed by atoms with Crippen molar-refractivity contribution in [3.63, 3.8) is 0 Å². The van der Waals surface area contributed by atoms with Crippen LogP contribution in [0, 0.1) is 16.7 Å². The SMILES string of the molecule is CCOC(=O)CC1(C(C#N)c2ccccc2CC)CCN(C(=O)C2(c3ccccc3)CCCC2)CC1. The molecule has 36 heavy (non-hydrogen) atoms. The van der Waals surface area contributed by atoms with Crippen LogP contribution in [-0.4, -0.2) is 36.5 Å². The summed E-state index contributed by atoms with van der Waals surface area (Å²) in [5.41, 5.74) is 2.25. The average Bonchev–Trinajstić information content (AvgIpc) is 3.41. The van der Waals surface area contributed by atoms with Crippen LogP contribution >= 0.6 is 0 Å². The summed E-state index contributed by atoms with van der Waals surface area (Å²) in [5.74, 6) is -0.480. The lowest BCUT2D eigenvalue weighted by atomic mass is 9.63. The second kappa shape index (κ2) is 11.3. The maximum absolute atomic E-state index is 14.0. The fraction of sp³-hybridized carbons (Fsp3) is 0.516. The Morgan fingerprint density at radius 3 is 2.22 bits per heavy atom. The Hall–Kier alpha value is -3.13. The Balaban J connectivity index is 1.62. The van der Waals surface area contributed by atoms with Gasteiger partial charge in [-0.3, -0.25) is 9.59 Å². The van der Waals surface area contributed by atoms with E-state index in [1.165, 1.54) is 0 Å². The molecule has 5 heteroatoms. The molecule has 0 bridgehead atoms. The van der Waals surface area contributed by atoms with Gasteiger partial charge in [0, 0.05) is 18.5 Å². The predicted octanol–water partition coefficient (Wildman–Crippen LogP) is 5.93. The van der Waals surface area contributed by atoms with Gasteiger partial charge in [-0.15, -0.1) is 0 Å². The van der Waals surface area contributed by atoms with Crippen molar-refractivity contribution in [1.82, 2.24) is 4.90 Å². The number of likely N-dealkylation sites (tertiary alicyclic amines) is 1. The Morgan fingerprint density at radius 1 is 0.972 bits per heavy atom. The fourth-order valence-electron chi connectivity index (χ4n) is 6.56. The highest BCUT2D eigenvalue weighted by Crippen LogP contribution is 2.50. The third-order valence-electron chi connectivity index (χ3n) is 8.53. The Labute approximate surface area is 215 Å². The molecule has 1 amide bonds. The van der Waals surface area contributed by atoms with E-state index in [1.54, 1.807) is 0 Å². The van der Waals surface area contributed by atoms with Gasteiger partial charge in [0.25, 0.3) is 0 Å². The maximum atomic E-state index is 14.0. The number of hydrogen-bond acceptors (Lipinski definition) is 4. The molecule has 2 fully saturated rings. The fourth-order valence-corrected chi connectivity index (χ4v) is 6.56. The van der Waals surface area contributed by atoms with Gasteiger partial charge in [-0.05, 0) is 55.7 Å². The molecule has 4 rings (SSSR count). The summed E-state index contributed by atoms with van der Waals surface area (Å²) in [6.07, 6.45) is 6.13. The van der Waals surface area contributed by atoms with Crippen molar-refractivity contribution in [2.75, 3.05) is 19.7 Å². The normalized spacial score (nSPS) is 19.3. The molecular weight excluding hydrogens is 448 g/mol. The van der Waals surface area contributed by atoms with Crippen molar-refractivity contribution < 1.29 is 14.3 Å². The first kappa shape index (κ1) is 25.9. The minimum atomic E-state index is -0.557. The number of hydrogen-bond donors (Lipinski definition) is 0. The third kappa shape index (κ3) is 4.91. The standard InChI is InChI=1S/C31H38N2O3/c1-3-24-12-8-9-15-26(24)27(23-32)30(22-28(34)36-4-2)18-20-33(21-19-30)29(35)31(16-10-11-17-31)25-13-6-5-7-14-25/h5-9,12-15,27H,3-4,10-11,16-22H2,1-2H3. The molecule has 5 nitrogen and oxygen atoms in total. The highest BCUT2D eigenvalue weighted by atomic mass is 16.5. The smallest absolute Gasteiger partial charge is 0.306 e. The zero-order valence-corrected chi connectivity index (χ0v) is 21.7. The molecule has 0 aromatic heterocycles. The largest absolute Gasteiger partial charge is 0.466 e.